The van der Waals surface area contributed by atoms with E-state index >= 15 is 0 Å². The molecule has 4 N–H and O–H groups in total. The summed E-state index contributed by atoms with van der Waals surface area (Å²) in [5, 5.41) is 23.5. The summed E-state index contributed by atoms with van der Waals surface area (Å²) >= 11 is 0. The highest BCUT2D eigenvalue weighted by atomic mass is 32.2. The van der Waals surface area contributed by atoms with Gasteiger partial charge in [0.15, 0.2) is 0 Å². The Bertz CT molecular complexity index is 793. The molecule has 288 valence electrons. The Balaban J connectivity index is 3.84. The van der Waals surface area contributed by atoms with Crippen LogP contribution in [-0.2, 0) is 14.9 Å². The zero-order valence-corrected chi connectivity index (χ0v) is 32.6. The van der Waals surface area contributed by atoms with Crippen LogP contribution in [0.5, 0.6) is 0 Å². The Labute approximate surface area is 298 Å². The van der Waals surface area contributed by atoms with Gasteiger partial charge in [0.25, 0.3) is 10.1 Å². The predicted molar refractivity (Wildman–Crippen MR) is 204 cm³/mol. The van der Waals surface area contributed by atoms with Crippen LogP contribution in [0.3, 0.4) is 0 Å². The SMILES string of the molecule is CCCCCCCCCCCCCCCCCCCCCCCC(O)C(=O)NC(CS(=O)(=O)O)C(O)CCCCCCCCCCCC. The van der Waals surface area contributed by atoms with E-state index in [0.29, 0.717) is 12.8 Å². The number of hydrogen-bond donors (Lipinski definition) is 4. The molecule has 0 heterocycles. The van der Waals surface area contributed by atoms with Crippen LogP contribution in [0.4, 0.5) is 0 Å². The average molecular weight is 704 g/mol. The van der Waals surface area contributed by atoms with E-state index < -0.39 is 40.0 Å². The molecule has 0 fully saturated rings. The van der Waals surface area contributed by atoms with Crippen molar-refractivity contribution >= 4 is 16.0 Å². The van der Waals surface area contributed by atoms with Crippen LogP contribution < -0.4 is 5.32 Å². The number of aliphatic hydroxyl groups is 2. The van der Waals surface area contributed by atoms with E-state index in [9.17, 15) is 28.0 Å². The summed E-state index contributed by atoms with van der Waals surface area (Å²) in [5.41, 5.74) is 0. The molecular formula is C40H81NO6S. The first kappa shape index (κ1) is 47.3. The van der Waals surface area contributed by atoms with Crippen molar-refractivity contribution in [3.63, 3.8) is 0 Å². The summed E-state index contributed by atoms with van der Waals surface area (Å²) < 4.78 is 32.5. The second-order valence-corrected chi connectivity index (χ2v) is 16.3. The third kappa shape index (κ3) is 33.8. The molecule has 0 saturated carbocycles. The Morgan fingerprint density at radius 3 is 1.04 bits per heavy atom. The molecule has 0 radical (unpaired) electrons. The highest BCUT2D eigenvalue weighted by Crippen LogP contribution is 2.17. The number of unbranched alkanes of at least 4 members (excludes halogenated alkanes) is 29. The van der Waals surface area contributed by atoms with Gasteiger partial charge in [-0.05, 0) is 12.8 Å². The molecule has 0 spiro atoms. The van der Waals surface area contributed by atoms with E-state index in [-0.39, 0.29) is 0 Å². The number of hydrogen-bond acceptors (Lipinski definition) is 5. The lowest BCUT2D eigenvalue weighted by Gasteiger charge is -2.24. The van der Waals surface area contributed by atoms with Gasteiger partial charge in [-0.1, -0.05) is 213 Å². The fraction of sp³-hybridized carbons (Fsp3) is 0.975. The van der Waals surface area contributed by atoms with Gasteiger partial charge in [-0.25, -0.2) is 0 Å². The average Bonchev–Trinajstić information content (AvgIpc) is 3.05. The highest BCUT2D eigenvalue weighted by Gasteiger charge is 2.28. The third-order valence-electron chi connectivity index (χ3n) is 9.92. The minimum absolute atomic E-state index is 0.304. The van der Waals surface area contributed by atoms with Crippen molar-refractivity contribution < 1.29 is 28.0 Å². The number of rotatable bonds is 38. The fourth-order valence-corrected chi connectivity index (χ4v) is 7.46. The maximum atomic E-state index is 12.6. The van der Waals surface area contributed by atoms with Crippen LogP contribution in [0.2, 0.25) is 0 Å². The second-order valence-electron chi connectivity index (χ2n) is 14.8. The first-order valence-corrected chi connectivity index (χ1v) is 22.4. The Hall–Kier alpha value is -0.700. The molecular weight excluding hydrogens is 623 g/mol. The monoisotopic (exact) mass is 704 g/mol. The first-order chi connectivity index (χ1) is 23.2. The summed E-state index contributed by atoms with van der Waals surface area (Å²) in [6.45, 7) is 4.49. The van der Waals surface area contributed by atoms with Gasteiger partial charge in [-0.2, -0.15) is 8.42 Å². The minimum Gasteiger partial charge on any atom is -0.391 e. The van der Waals surface area contributed by atoms with Gasteiger partial charge in [-0.15, -0.1) is 0 Å². The first-order valence-electron chi connectivity index (χ1n) is 20.8. The molecule has 0 aromatic carbocycles. The summed E-state index contributed by atoms with van der Waals surface area (Å²) in [6, 6.07) is -1.14. The van der Waals surface area contributed by atoms with Crippen molar-refractivity contribution in [3.8, 4) is 0 Å². The maximum Gasteiger partial charge on any atom is 0.266 e. The normalized spacial score (nSPS) is 13.9. The van der Waals surface area contributed by atoms with Gasteiger partial charge in [0.05, 0.1) is 17.9 Å². The Morgan fingerprint density at radius 1 is 0.479 bits per heavy atom. The van der Waals surface area contributed by atoms with Crippen molar-refractivity contribution in [2.24, 2.45) is 0 Å². The second kappa shape index (κ2) is 34.7. The molecule has 0 aliphatic rings. The van der Waals surface area contributed by atoms with Crippen LogP contribution in [-0.4, -0.2) is 53.1 Å². The van der Waals surface area contributed by atoms with Gasteiger partial charge < -0.3 is 15.5 Å². The lowest BCUT2D eigenvalue weighted by molar-refractivity contribution is -0.131. The van der Waals surface area contributed by atoms with Crippen molar-refractivity contribution in [1.82, 2.24) is 5.32 Å². The molecule has 0 aliphatic carbocycles. The number of carbonyl (C=O) groups is 1. The number of carbonyl (C=O) groups excluding carboxylic acids is 1. The topological polar surface area (TPSA) is 124 Å². The van der Waals surface area contributed by atoms with Crippen LogP contribution in [0.15, 0.2) is 0 Å². The molecule has 8 heteroatoms. The standard InChI is InChI=1S/C40H81NO6S/c1-3-5-7-9-11-13-15-16-17-18-19-20-21-22-23-24-25-27-29-31-33-35-39(43)40(44)41-37(36-48(45,46)47)38(42)34-32-30-28-26-14-12-10-8-6-4-2/h37-39,42-43H,3-36H2,1-2H3,(H,41,44)(H,45,46,47). The molecule has 0 saturated heterocycles. The highest BCUT2D eigenvalue weighted by molar-refractivity contribution is 7.85. The minimum atomic E-state index is -4.40. The van der Waals surface area contributed by atoms with Gasteiger partial charge >= 0.3 is 0 Å². The van der Waals surface area contributed by atoms with E-state index in [1.54, 1.807) is 0 Å². The van der Waals surface area contributed by atoms with Crippen molar-refractivity contribution in [2.45, 2.75) is 244 Å². The summed E-state index contributed by atoms with van der Waals surface area (Å²) in [5.74, 6) is -1.44. The molecule has 7 nitrogen and oxygen atoms in total. The summed E-state index contributed by atoms with van der Waals surface area (Å²) in [6.07, 6.45) is 37.1. The largest absolute Gasteiger partial charge is 0.391 e. The molecule has 0 bridgehead atoms. The van der Waals surface area contributed by atoms with Crippen LogP contribution in [0.1, 0.15) is 226 Å². The van der Waals surface area contributed by atoms with Gasteiger partial charge in [0.1, 0.15) is 6.10 Å². The predicted octanol–water partition coefficient (Wildman–Crippen LogP) is 11.0. The Kier molecular flexibility index (Phi) is 34.2. The smallest absolute Gasteiger partial charge is 0.266 e. The molecule has 1 amide bonds. The van der Waals surface area contributed by atoms with Crippen LogP contribution in [0.25, 0.3) is 0 Å². The maximum absolute atomic E-state index is 12.6. The van der Waals surface area contributed by atoms with Crippen LogP contribution >= 0.6 is 0 Å². The molecule has 3 atom stereocenters. The number of aliphatic hydroxyl groups excluding tert-OH is 2. The van der Waals surface area contributed by atoms with E-state index in [1.807, 2.05) is 0 Å². The molecule has 0 rings (SSSR count). The molecule has 0 aromatic rings. The zero-order chi connectivity index (χ0) is 35.6. The lowest BCUT2D eigenvalue weighted by atomic mass is 10.0. The van der Waals surface area contributed by atoms with Gasteiger partial charge in [0.2, 0.25) is 5.91 Å². The molecule has 48 heavy (non-hydrogen) atoms. The number of nitrogens with one attached hydrogen (secondary N) is 1. The van der Waals surface area contributed by atoms with E-state index in [2.05, 4.69) is 19.2 Å². The molecule has 0 aromatic heterocycles. The lowest BCUT2D eigenvalue weighted by Crippen LogP contribution is -2.50. The van der Waals surface area contributed by atoms with Crippen LogP contribution in [0, 0.1) is 0 Å². The summed E-state index contributed by atoms with van der Waals surface area (Å²) in [4.78, 5) is 12.6. The van der Waals surface area contributed by atoms with Crippen molar-refractivity contribution in [3.05, 3.63) is 0 Å². The summed E-state index contributed by atoms with van der Waals surface area (Å²) in [7, 11) is -4.40. The van der Waals surface area contributed by atoms with Gasteiger partial charge in [-0.3, -0.25) is 9.35 Å². The zero-order valence-electron chi connectivity index (χ0n) is 31.7. The van der Waals surface area contributed by atoms with E-state index in [1.165, 1.54) is 154 Å². The molecule has 3 unspecified atom stereocenters. The van der Waals surface area contributed by atoms with Gasteiger partial charge in [0, 0.05) is 0 Å². The fourth-order valence-electron chi connectivity index (χ4n) is 6.70. The Morgan fingerprint density at radius 2 is 0.750 bits per heavy atom. The van der Waals surface area contributed by atoms with E-state index in [0.717, 1.165) is 44.9 Å². The van der Waals surface area contributed by atoms with Crippen molar-refractivity contribution in [1.29, 1.82) is 0 Å². The molecule has 0 aliphatic heterocycles. The number of amides is 1. The van der Waals surface area contributed by atoms with Crippen molar-refractivity contribution in [2.75, 3.05) is 5.75 Å². The quantitative estimate of drug-likeness (QED) is 0.0375. The third-order valence-corrected chi connectivity index (χ3v) is 10.7. The van der Waals surface area contributed by atoms with E-state index in [4.69, 9.17) is 0 Å².